The van der Waals surface area contributed by atoms with Crippen LogP contribution in [0.4, 0.5) is 0 Å². The number of likely N-dealkylation sites (N-methyl/N-ethyl adjacent to an activating group) is 1. The number of hydrogen-bond donors (Lipinski definition) is 1. The van der Waals surface area contributed by atoms with Gasteiger partial charge in [-0.15, -0.1) is 5.10 Å². The van der Waals surface area contributed by atoms with Crippen LogP contribution in [0, 0.1) is 5.92 Å². The lowest BCUT2D eigenvalue weighted by molar-refractivity contribution is -0.896. The predicted molar refractivity (Wildman–Crippen MR) is 142 cm³/mol. The smallest absolute Gasteiger partial charge is 0.307 e. The van der Waals surface area contributed by atoms with E-state index in [0.29, 0.717) is 31.2 Å². The third-order valence-electron chi connectivity index (χ3n) is 7.26. The second-order valence-corrected chi connectivity index (χ2v) is 17.8. The van der Waals surface area contributed by atoms with Crippen LogP contribution in [-0.4, -0.2) is 82.6 Å². The third-order valence-corrected chi connectivity index (χ3v) is 8.96. The van der Waals surface area contributed by atoms with Crippen molar-refractivity contribution in [2.45, 2.75) is 83.3 Å². The maximum atomic E-state index is 12.3. The minimum Gasteiger partial charge on any atom is -0.481 e. The molecule has 0 saturated carbocycles. The average molecular weight is 518 g/mol. The number of piperidine rings is 1. The molecule has 2 aromatic heterocycles. The maximum Gasteiger partial charge on any atom is 0.307 e. The van der Waals surface area contributed by atoms with Crippen LogP contribution >= 0.6 is 0 Å². The highest BCUT2D eigenvalue weighted by atomic mass is 28.3. The second-order valence-electron chi connectivity index (χ2n) is 12.2. The number of quaternary nitrogens is 1. The molecule has 1 N–H and O–H groups in total. The van der Waals surface area contributed by atoms with Crippen molar-refractivity contribution in [3.8, 4) is 0 Å². The first kappa shape index (κ1) is 28.4. The molecule has 1 saturated heterocycles. The topological polar surface area (TPSA) is 103 Å². The molecule has 1 fully saturated rings. The summed E-state index contributed by atoms with van der Waals surface area (Å²) in [5.41, 5.74) is 2.13. The van der Waals surface area contributed by atoms with E-state index in [1.54, 1.807) is 4.68 Å². The fourth-order valence-electron chi connectivity index (χ4n) is 5.16. The molecule has 0 radical (unpaired) electrons. The van der Waals surface area contributed by atoms with Gasteiger partial charge in [-0.3, -0.25) is 9.78 Å². The lowest BCUT2D eigenvalue weighted by atomic mass is 9.83. The van der Waals surface area contributed by atoms with Crippen LogP contribution in [0.3, 0.4) is 0 Å². The molecular formula is C26H45N6O3Si+. The molecule has 0 bridgehead atoms. The van der Waals surface area contributed by atoms with E-state index < -0.39 is 20.0 Å². The zero-order valence-corrected chi connectivity index (χ0v) is 24.0. The fraction of sp³-hybridized carbons (Fsp3) is 0.731. The van der Waals surface area contributed by atoms with E-state index in [9.17, 15) is 9.90 Å². The Labute approximate surface area is 216 Å². The molecule has 0 spiro atoms. The quantitative estimate of drug-likeness (QED) is 0.242. The van der Waals surface area contributed by atoms with Gasteiger partial charge in [0.2, 0.25) is 0 Å². The average Bonchev–Trinajstić information content (AvgIpc) is 3.26. The van der Waals surface area contributed by atoms with Crippen molar-refractivity contribution in [1.82, 2.24) is 25.2 Å². The van der Waals surface area contributed by atoms with Crippen LogP contribution in [0.5, 0.6) is 0 Å². The van der Waals surface area contributed by atoms with E-state index in [4.69, 9.17) is 9.72 Å². The molecule has 0 aromatic carbocycles. The van der Waals surface area contributed by atoms with Gasteiger partial charge in [-0.05, 0) is 53.8 Å². The number of aliphatic carboxylic acids is 1. The summed E-state index contributed by atoms with van der Waals surface area (Å²) < 4.78 is 8.54. The number of carboxylic acids is 1. The number of hydrogen-bond acceptors (Lipinski definition) is 6. The van der Waals surface area contributed by atoms with Gasteiger partial charge in [-0.2, -0.15) is 0 Å². The van der Waals surface area contributed by atoms with Crippen LogP contribution in [0.25, 0.3) is 0 Å². The summed E-state index contributed by atoms with van der Waals surface area (Å²) >= 11 is 0. The molecule has 0 amide bonds. The number of likely N-dealkylation sites (tertiary alicyclic amines) is 1. The monoisotopic (exact) mass is 517 g/mol. The van der Waals surface area contributed by atoms with Crippen molar-refractivity contribution in [3.05, 3.63) is 35.4 Å². The largest absolute Gasteiger partial charge is 0.481 e. The number of carboxylic acid groups (broad SMARTS) is 1. The van der Waals surface area contributed by atoms with Gasteiger partial charge in [0.25, 0.3) is 0 Å². The first-order chi connectivity index (χ1) is 17.0. The molecule has 10 heteroatoms. The fourth-order valence-corrected chi connectivity index (χ4v) is 5.91. The van der Waals surface area contributed by atoms with Crippen molar-refractivity contribution in [2.75, 3.05) is 33.8 Å². The minimum atomic E-state index is -1.21. The summed E-state index contributed by atoms with van der Waals surface area (Å²) in [4.78, 5) is 17.1. The summed E-state index contributed by atoms with van der Waals surface area (Å²) in [6, 6.07) is 5.28. The summed E-state index contributed by atoms with van der Waals surface area (Å²) in [7, 11) is 3.36. The molecule has 36 heavy (non-hydrogen) atoms. The van der Waals surface area contributed by atoms with Gasteiger partial charge in [-0.1, -0.05) is 39.1 Å². The number of aromatic nitrogens is 5. The van der Waals surface area contributed by atoms with E-state index in [-0.39, 0.29) is 12.6 Å². The molecule has 3 heterocycles. The van der Waals surface area contributed by atoms with Crippen molar-refractivity contribution in [2.24, 2.45) is 5.92 Å². The van der Waals surface area contributed by atoms with Gasteiger partial charge in [0.1, 0.15) is 6.73 Å². The van der Waals surface area contributed by atoms with E-state index in [1.165, 1.54) is 19.4 Å². The summed E-state index contributed by atoms with van der Waals surface area (Å²) in [6.45, 7) is 12.1. The molecule has 200 valence electrons. The number of tetrazole rings is 1. The van der Waals surface area contributed by atoms with Crippen molar-refractivity contribution >= 4 is 14.0 Å². The summed E-state index contributed by atoms with van der Waals surface area (Å²) in [5, 5.41) is 22.4. The maximum absolute atomic E-state index is 12.3. The third kappa shape index (κ3) is 8.17. The van der Waals surface area contributed by atoms with Crippen LogP contribution in [-0.2, 0) is 22.7 Å². The highest BCUT2D eigenvalue weighted by Crippen LogP contribution is 2.32. The molecule has 1 unspecified atom stereocenters. The highest BCUT2D eigenvalue weighted by molar-refractivity contribution is 6.76. The van der Waals surface area contributed by atoms with Crippen LogP contribution < -0.4 is 0 Å². The van der Waals surface area contributed by atoms with E-state index in [0.717, 1.165) is 34.8 Å². The lowest BCUT2D eigenvalue weighted by Gasteiger charge is -2.37. The Morgan fingerprint density at radius 2 is 2.08 bits per heavy atom. The highest BCUT2D eigenvalue weighted by Gasteiger charge is 2.34. The lowest BCUT2D eigenvalue weighted by Crippen LogP contribution is -2.46. The summed E-state index contributed by atoms with van der Waals surface area (Å²) in [5.74, 6) is -0.734. The van der Waals surface area contributed by atoms with Gasteiger partial charge >= 0.3 is 5.97 Å². The first-order valence-corrected chi connectivity index (χ1v) is 17.0. The molecule has 3 rings (SSSR count). The first-order valence-electron chi connectivity index (χ1n) is 13.3. The Morgan fingerprint density at radius 3 is 2.69 bits per heavy atom. The number of carbonyl (C=O) groups is 1. The number of rotatable bonds is 13. The number of nitrogens with zero attached hydrogens (tertiary/aromatic N) is 6. The standard InChI is InChI=1S/C26H44N6O3Si/c1-7-9-22(26(33)34)23(25-28-29-30-31(25)19-35-14-15-36(4,5)6)16-20-11-12-24(27-17-20)21-10-8-13-32(2,3)18-21/h11-12,17,21-23H,7-10,13-16,18-19H2,1-6H3/p+1/t21?,22-,23-/m0/s1. The van der Waals surface area contributed by atoms with Crippen molar-refractivity contribution in [1.29, 1.82) is 0 Å². The van der Waals surface area contributed by atoms with E-state index in [2.05, 4.69) is 61.4 Å². The van der Waals surface area contributed by atoms with Gasteiger partial charge in [0.15, 0.2) is 5.82 Å². The van der Waals surface area contributed by atoms with Gasteiger partial charge < -0.3 is 14.3 Å². The SMILES string of the molecule is CCC[C@H](C(=O)O)[C@H](Cc1ccc(C2CCC[N+](C)(C)C2)nc1)c1nnnn1COCC[Si](C)(C)C. The molecule has 3 atom stereocenters. The zero-order valence-electron chi connectivity index (χ0n) is 23.0. The van der Waals surface area contributed by atoms with Crippen LogP contribution in [0.15, 0.2) is 18.3 Å². The Morgan fingerprint density at radius 1 is 1.31 bits per heavy atom. The van der Waals surface area contributed by atoms with Gasteiger partial charge in [-0.25, -0.2) is 4.68 Å². The Bertz CT molecular complexity index is 973. The van der Waals surface area contributed by atoms with Gasteiger partial charge in [0, 0.05) is 32.5 Å². The normalized spacial score (nSPS) is 19.7. The Kier molecular flexibility index (Phi) is 9.77. The molecular weight excluding hydrogens is 472 g/mol. The molecule has 9 nitrogen and oxygen atoms in total. The van der Waals surface area contributed by atoms with Gasteiger partial charge in [0.05, 0.1) is 39.0 Å². The van der Waals surface area contributed by atoms with E-state index in [1.807, 2.05) is 13.1 Å². The Hall–Kier alpha value is -2.17. The number of pyridine rings is 1. The predicted octanol–water partition coefficient (Wildman–Crippen LogP) is 4.16. The van der Waals surface area contributed by atoms with Crippen molar-refractivity contribution in [3.63, 3.8) is 0 Å². The van der Waals surface area contributed by atoms with E-state index >= 15 is 0 Å². The van der Waals surface area contributed by atoms with Crippen molar-refractivity contribution < 1.29 is 19.1 Å². The molecule has 2 aromatic rings. The van der Waals surface area contributed by atoms with Crippen LogP contribution in [0.1, 0.15) is 61.5 Å². The minimum absolute atomic E-state index is 0.231. The molecule has 1 aliphatic rings. The second kappa shape index (κ2) is 12.4. The number of ether oxygens (including phenoxy) is 1. The molecule has 1 aliphatic heterocycles. The van der Waals surface area contributed by atoms with Crippen LogP contribution in [0.2, 0.25) is 25.7 Å². The Balaban J connectivity index is 1.78. The molecule has 0 aliphatic carbocycles. The summed E-state index contributed by atoms with van der Waals surface area (Å²) in [6.07, 6.45) is 6.15. The zero-order chi connectivity index (χ0) is 26.3.